The number of halogens is 2. The number of rotatable bonds is 4. The van der Waals surface area contributed by atoms with Crippen LogP contribution in [0.2, 0.25) is 5.02 Å². The van der Waals surface area contributed by atoms with Crippen molar-refractivity contribution in [2.75, 3.05) is 16.3 Å². The van der Waals surface area contributed by atoms with Crippen LogP contribution in [0.5, 0.6) is 0 Å². The van der Waals surface area contributed by atoms with Gasteiger partial charge in [-0.25, -0.2) is 4.39 Å². The fourth-order valence-corrected chi connectivity index (χ4v) is 6.52. The van der Waals surface area contributed by atoms with E-state index in [2.05, 4.69) is 4.90 Å². The molecule has 0 spiro atoms. The number of hydrogen-bond acceptors (Lipinski definition) is 5. The summed E-state index contributed by atoms with van der Waals surface area (Å²) in [6.07, 6.45) is 0. The van der Waals surface area contributed by atoms with Gasteiger partial charge in [0.1, 0.15) is 15.8 Å². The third-order valence-corrected chi connectivity index (χ3v) is 8.22. The number of benzene rings is 3. The molecule has 0 aliphatic carbocycles. The van der Waals surface area contributed by atoms with Crippen LogP contribution in [-0.4, -0.2) is 17.6 Å². The number of amides is 1. The lowest BCUT2D eigenvalue weighted by atomic mass is 10.1. The van der Waals surface area contributed by atoms with Crippen molar-refractivity contribution in [3.05, 3.63) is 99.1 Å². The Balaban J connectivity index is 1.60. The van der Waals surface area contributed by atoms with Gasteiger partial charge < -0.3 is 4.90 Å². The van der Waals surface area contributed by atoms with Crippen molar-refractivity contribution in [3.63, 3.8) is 0 Å². The Morgan fingerprint density at radius 2 is 1.76 bits per heavy atom. The van der Waals surface area contributed by atoms with Gasteiger partial charge in [0.05, 0.1) is 17.4 Å². The summed E-state index contributed by atoms with van der Waals surface area (Å²) in [5, 5.41) is 2.09. The van der Waals surface area contributed by atoms with E-state index in [4.69, 9.17) is 16.6 Å². The van der Waals surface area contributed by atoms with Crippen LogP contribution in [0, 0.1) is 5.82 Å². The lowest BCUT2D eigenvalue weighted by Gasteiger charge is -2.19. The first-order valence-electron chi connectivity index (χ1n) is 10.9. The molecule has 1 amide bonds. The largest absolute Gasteiger partial charge is 0.334 e. The minimum Gasteiger partial charge on any atom is -0.334 e. The van der Waals surface area contributed by atoms with Crippen LogP contribution in [0.3, 0.4) is 0 Å². The minimum atomic E-state index is -0.353. The summed E-state index contributed by atoms with van der Waals surface area (Å²) < 4.78 is 13.6. The third kappa shape index (κ3) is 4.24. The number of aliphatic imine (C=N–C) groups is 1. The summed E-state index contributed by atoms with van der Waals surface area (Å²) >= 11 is 9.17. The van der Waals surface area contributed by atoms with E-state index in [9.17, 15) is 9.18 Å². The lowest BCUT2D eigenvalue weighted by Crippen LogP contribution is -2.30. The Kier molecular flexibility index (Phi) is 6.42. The smallest absolute Gasteiger partial charge is 0.274 e. The number of hydrogen-bond donors (Lipinski definition) is 0. The van der Waals surface area contributed by atoms with Crippen molar-refractivity contribution in [1.82, 2.24) is 0 Å². The summed E-state index contributed by atoms with van der Waals surface area (Å²) in [7, 11) is 0. The average molecular weight is 510 g/mol. The van der Waals surface area contributed by atoms with Gasteiger partial charge in [0.15, 0.2) is 5.17 Å². The monoisotopic (exact) mass is 509 g/mol. The number of carbonyl (C=O) groups excluding carboxylic acids is 1. The molecule has 2 aliphatic heterocycles. The zero-order chi connectivity index (χ0) is 23.8. The van der Waals surface area contributed by atoms with E-state index in [0.29, 0.717) is 27.3 Å². The molecule has 0 N–H and O–H groups in total. The van der Waals surface area contributed by atoms with Crippen LogP contribution in [0.4, 0.5) is 15.8 Å². The lowest BCUT2D eigenvalue weighted by molar-refractivity contribution is -0.113. The highest BCUT2D eigenvalue weighted by Crippen LogP contribution is 2.51. The normalized spacial score (nSPS) is 19.8. The van der Waals surface area contributed by atoms with E-state index >= 15 is 0 Å². The van der Waals surface area contributed by atoms with Gasteiger partial charge in [0.2, 0.25) is 0 Å². The molecular formula is C26H21ClFN3OS2. The molecule has 0 bridgehead atoms. The summed E-state index contributed by atoms with van der Waals surface area (Å²) in [5.41, 5.74) is 2.63. The predicted octanol–water partition coefficient (Wildman–Crippen LogP) is 7.48. The molecule has 3 aromatic rings. The van der Waals surface area contributed by atoms with E-state index in [-0.39, 0.29) is 17.8 Å². The molecule has 5 rings (SSSR count). The molecule has 3 aromatic carbocycles. The van der Waals surface area contributed by atoms with Gasteiger partial charge in [-0.2, -0.15) is 0 Å². The van der Waals surface area contributed by atoms with Crippen molar-refractivity contribution < 1.29 is 9.18 Å². The maximum absolute atomic E-state index is 13.8. The van der Waals surface area contributed by atoms with E-state index in [1.165, 1.54) is 23.9 Å². The SMILES string of the molecule is CCN1/C(=C2/SC(=NC(C)c3ccccc3)N(c3ccc(F)cc3)C2=O)Sc2ccc(Cl)cc21. The van der Waals surface area contributed by atoms with Gasteiger partial charge >= 0.3 is 0 Å². The van der Waals surface area contributed by atoms with Gasteiger partial charge in [-0.15, -0.1) is 0 Å². The Bertz CT molecular complexity index is 1310. The second kappa shape index (κ2) is 9.49. The standard InChI is InChI=1S/C26H21ClFN3OS2/c1-3-30-21-15-18(27)9-14-22(21)33-25(30)23-24(32)31(20-12-10-19(28)11-13-20)26(34-23)29-16(2)17-7-5-4-6-8-17/h4-16H,3H2,1-2H3/b25-23-,29-26?. The molecular weight excluding hydrogens is 489 g/mol. The summed E-state index contributed by atoms with van der Waals surface area (Å²) in [5.74, 6) is -0.524. The maximum Gasteiger partial charge on any atom is 0.274 e. The highest BCUT2D eigenvalue weighted by Gasteiger charge is 2.40. The zero-order valence-electron chi connectivity index (χ0n) is 18.5. The van der Waals surface area contributed by atoms with E-state index in [0.717, 1.165) is 21.2 Å². The van der Waals surface area contributed by atoms with E-state index < -0.39 is 0 Å². The van der Waals surface area contributed by atoms with Gasteiger partial charge in [-0.05, 0) is 73.6 Å². The molecule has 1 fully saturated rings. The van der Waals surface area contributed by atoms with Crippen molar-refractivity contribution >= 4 is 57.6 Å². The first-order chi connectivity index (χ1) is 16.5. The summed E-state index contributed by atoms with van der Waals surface area (Å²) in [6.45, 7) is 4.74. The van der Waals surface area contributed by atoms with Crippen molar-refractivity contribution in [1.29, 1.82) is 0 Å². The Morgan fingerprint density at radius 1 is 1.03 bits per heavy atom. The fraction of sp³-hybridized carbons (Fsp3) is 0.154. The molecule has 8 heteroatoms. The van der Waals surface area contributed by atoms with Crippen LogP contribution in [0.15, 0.2) is 92.6 Å². The van der Waals surface area contributed by atoms with Crippen molar-refractivity contribution in [3.8, 4) is 0 Å². The quantitative estimate of drug-likeness (QED) is 0.341. The van der Waals surface area contributed by atoms with E-state index in [1.807, 2.05) is 62.4 Å². The second-order valence-electron chi connectivity index (χ2n) is 7.81. The number of nitrogens with zero attached hydrogens (tertiary/aromatic N) is 3. The molecule has 0 saturated carbocycles. The minimum absolute atomic E-state index is 0.154. The molecule has 1 unspecified atom stereocenters. The Hall–Kier alpha value is -2.74. The molecule has 1 saturated heterocycles. The Labute approximate surface area is 211 Å². The van der Waals surface area contributed by atoms with Crippen LogP contribution >= 0.6 is 35.1 Å². The van der Waals surface area contributed by atoms with Crippen molar-refractivity contribution in [2.24, 2.45) is 4.99 Å². The van der Waals surface area contributed by atoms with Crippen LogP contribution in [0.25, 0.3) is 0 Å². The van der Waals surface area contributed by atoms with Gasteiger partial charge in [-0.1, -0.05) is 53.7 Å². The number of anilines is 2. The topological polar surface area (TPSA) is 35.9 Å². The molecule has 2 heterocycles. The highest BCUT2D eigenvalue weighted by atomic mass is 35.5. The van der Waals surface area contributed by atoms with Gasteiger partial charge in [-0.3, -0.25) is 14.7 Å². The number of thioether (sulfide) groups is 2. The molecule has 172 valence electrons. The molecule has 2 aliphatic rings. The molecule has 34 heavy (non-hydrogen) atoms. The number of fused-ring (bicyclic) bond motifs is 1. The zero-order valence-corrected chi connectivity index (χ0v) is 20.9. The first kappa shape index (κ1) is 23.0. The average Bonchev–Trinajstić information content (AvgIpc) is 3.36. The summed E-state index contributed by atoms with van der Waals surface area (Å²) in [4.78, 5) is 24.1. The maximum atomic E-state index is 13.8. The molecule has 0 aromatic heterocycles. The van der Waals surface area contributed by atoms with Crippen LogP contribution < -0.4 is 9.80 Å². The highest BCUT2D eigenvalue weighted by molar-refractivity contribution is 8.20. The fourth-order valence-electron chi connectivity index (χ4n) is 3.92. The predicted molar refractivity (Wildman–Crippen MR) is 141 cm³/mol. The van der Waals surface area contributed by atoms with Crippen LogP contribution in [-0.2, 0) is 4.79 Å². The number of amidine groups is 1. The number of carbonyl (C=O) groups is 1. The van der Waals surface area contributed by atoms with Crippen molar-refractivity contribution in [2.45, 2.75) is 24.8 Å². The third-order valence-electron chi connectivity index (χ3n) is 5.63. The summed E-state index contributed by atoms with van der Waals surface area (Å²) in [6, 6.07) is 21.5. The first-order valence-corrected chi connectivity index (χ1v) is 12.9. The van der Waals surface area contributed by atoms with Gasteiger partial charge in [0, 0.05) is 16.5 Å². The van der Waals surface area contributed by atoms with Gasteiger partial charge in [0.25, 0.3) is 5.91 Å². The Morgan fingerprint density at radius 3 is 2.47 bits per heavy atom. The molecule has 0 radical (unpaired) electrons. The molecule has 4 nitrogen and oxygen atoms in total. The second-order valence-corrected chi connectivity index (χ2v) is 10.3. The van der Waals surface area contributed by atoms with Crippen LogP contribution in [0.1, 0.15) is 25.5 Å². The van der Waals surface area contributed by atoms with E-state index in [1.54, 1.807) is 28.8 Å². The molecule has 1 atom stereocenters.